The summed E-state index contributed by atoms with van der Waals surface area (Å²) in [6.07, 6.45) is -5.09. The van der Waals surface area contributed by atoms with E-state index in [2.05, 4.69) is 5.32 Å². The van der Waals surface area contributed by atoms with Crippen molar-refractivity contribution in [1.82, 2.24) is 5.32 Å². The second-order valence-corrected chi connectivity index (χ2v) is 16.4. The van der Waals surface area contributed by atoms with Gasteiger partial charge in [-0.25, -0.2) is 4.79 Å². The molecule has 3 aromatic rings. The van der Waals surface area contributed by atoms with Crippen LogP contribution < -0.4 is 5.32 Å². The van der Waals surface area contributed by atoms with Gasteiger partial charge in [-0.3, -0.25) is 8.37 Å². The summed E-state index contributed by atoms with van der Waals surface area (Å²) in [5, 5.41) is 2.79. The van der Waals surface area contributed by atoms with Gasteiger partial charge in [-0.05, 0) is 37.5 Å². The predicted molar refractivity (Wildman–Crippen MR) is 188 cm³/mol. The van der Waals surface area contributed by atoms with Crippen molar-refractivity contribution >= 4 is 26.3 Å². The van der Waals surface area contributed by atoms with Crippen molar-refractivity contribution in [2.75, 3.05) is 25.7 Å². The van der Waals surface area contributed by atoms with Gasteiger partial charge in [0.1, 0.15) is 36.1 Å². The highest BCUT2D eigenvalue weighted by Gasteiger charge is 2.52. The number of benzene rings is 3. The van der Waals surface area contributed by atoms with Gasteiger partial charge in [0.05, 0.1) is 51.6 Å². The molecule has 1 amide bonds. The lowest BCUT2D eigenvalue weighted by Gasteiger charge is -2.48. The number of nitrogens with one attached hydrogen (secondary N) is 1. The lowest BCUT2D eigenvalue weighted by molar-refractivity contribution is -0.246. The fraction of sp³-hybridized carbons (Fsp3) is 0.472. The lowest BCUT2D eigenvalue weighted by atomic mass is 9.89. The molecule has 280 valence electrons. The average molecular weight is 750 g/mol. The zero-order valence-corrected chi connectivity index (χ0v) is 31.0. The SMILES string of the molecule is CC(C)(C)OC(=O)N[C@H]1[C@@H](OCc2ccccc2)[C@@H](OCc2ccccc2)[C@@H](COCc2ccccc2)O[C@@H]1[C@@H](COS(C)(=O)=O)OS(C)(=O)=O. The smallest absolute Gasteiger partial charge is 0.408 e. The van der Waals surface area contributed by atoms with E-state index in [4.69, 9.17) is 32.1 Å². The number of amides is 1. The van der Waals surface area contributed by atoms with Gasteiger partial charge >= 0.3 is 6.09 Å². The Labute approximate surface area is 300 Å². The minimum atomic E-state index is -4.23. The van der Waals surface area contributed by atoms with E-state index in [-0.39, 0.29) is 26.4 Å². The second-order valence-electron chi connectivity index (χ2n) is 13.2. The van der Waals surface area contributed by atoms with E-state index >= 15 is 0 Å². The normalized spacial score (nSPS) is 21.9. The molecule has 1 N–H and O–H groups in total. The summed E-state index contributed by atoms with van der Waals surface area (Å²) in [4.78, 5) is 13.4. The Balaban J connectivity index is 1.79. The first kappa shape index (κ1) is 40.4. The molecule has 1 heterocycles. The van der Waals surface area contributed by atoms with E-state index < -0.39 is 75.1 Å². The van der Waals surface area contributed by atoms with Gasteiger partial charge in [0, 0.05) is 0 Å². The van der Waals surface area contributed by atoms with Crippen molar-refractivity contribution in [3.63, 3.8) is 0 Å². The molecule has 1 fully saturated rings. The van der Waals surface area contributed by atoms with Crippen LogP contribution in [0.25, 0.3) is 0 Å². The van der Waals surface area contributed by atoms with Crippen molar-refractivity contribution in [2.45, 2.75) is 82.8 Å². The van der Waals surface area contributed by atoms with E-state index in [9.17, 15) is 21.6 Å². The van der Waals surface area contributed by atoms with E-state index in [1.54, 1.807) is 20.8 Å². The van der Waals surface area contributed by atoms with Crippen molar-refractivity contribution in [2.24, 2.45) is 0 Å². The maximum atomic E-state index is 13.4. The first-order chi connectivity index (χ1) is 24.1. The van der Waals surface area contributed by atoms with Gasteiger partial charge in [-0.2, -0.15) is 16.8 Å². The molecule has 51 heavy (non-hydrogen) atoms. The molecule has 15 heteroatoms. The van der Waals surface area contributed by atoms with Gasteiger partial charge in [-0.1, -0.05) is 91.0 Å². The number of hydrogen-bond donors (Lipinski definition) is 1. The Morgan fingerprint density at radius 3 is 1.71 bits per heavy atom. The minimum absolute atomic E-state index is 0.0605. The zero-order valence-electron chi connectivity index (χ0n) is 29.4. The molecule has 0 aliphatic carbocycles. The Bertz CT molecular complexity index is 1720. The van der Waals surface area contributed by atoms with Crippen LogP contribution in [0.5, 0.6) is 0 Å². The topological polar surface area (TPSA) is 162 Å². The maximum absolute atomic E-state index is 13.4. The number of carbonyl (C=O) groups excluding carboxylic acids is 1. The van der Waals surface area contributed by atoms with E-state index in [0.717, 1.165) is 29.2 Å². The number of alkyl carbamates (subject to hydrolysis) is 1. The van der Waals surface area contributed by atoms with Gasteiger partial charge in [0.15, 0.2) is 0 Å². The Morgan fingerprint density at radius 1 is 0.745 bits per heavy atom. The van der Waals surface area contributed by atoms with Crippen LogP contribution in [0.2, 0.25) is 0 Å². The third-order valence-corrected chi connectivity index (χ3v) is 8.65. The molecule has 6 atom stereocenters. The molecule has 1 saturated heterocycles. The highest BCUT2D eigenvalue weighted by Crippen LogP contribution is 2.32. The Hall–Kier alpha value is -3.41. The van der Waals surface area contributed by atoms with Gasteiger partial charge < -0.3 is 29.0 Å². The molecule has 0 unspecified atom stereocenters. The summed E-state index contributed by atoms with van der Waals surface area (Å²) in [7, 11) is -8.30. The van der Waals surface area contributed by atoms with Gasteiger partial charge in [0.2, 0.25) is 0 Å². The van der Waals surface area contributed by atoms with Crippen molar-refractivity contribution in [3.8, 4) is 0 Å². The molecule has 1 aliphatic rings. The summed E-state index contributed by atoms with van der Waals surface area (Å²) in [6, 6.07) is 26.9. The predicted octanol–water partition coefficient (Wildman–Crippen LogP) is 4.36. The van der Waals surface area contributed by atoms with Gasteiger partial charge in [0.25, 0.3) is 20.2 Å². The van der Waals surface area contributed by atoms with Crippen LogP contribution in [-0.2, 0) is 72.1 Å². The number of ether oxygens (including phenoxy) is 5. The standard InChI is InChI=1S/C36H47NO12S2/c1-36(2,3)48-35(38)37-31-32(30(49-51(5,41)42)25-46-50(4,39)40)47-29(24-43-21-26-15-9-6-10-16-26)33(44-22-27-17-11-7-12-18-27)34(31)45-23-28-19-13-8-14-20-28/h6-20,29-34H,21-25H2,1-5H3,(H,37,38)/t29-,30-,31-,32-,33+,34-/m1/s1. The van der Waals surface area contributed by atoms with Crippen LogP contribution >= 0.6 is 0 Å². The summed E-state index contributed by atoms with van der Waals surface area (Å²) in [6.45, 7) is 4.64. The molecule has 0 bridgehead atoms. The largest absolute Gasteiger partial charge is 0.444 e. The molecule has 0 radical (unpaired) electrons. The molecular weight excluding hydrogens is 703 g/mol. The fourth-order valence-corrected chi connectivity index (χ4v) is 6.42. The summed E-state index contributed by atoms with van der Waals surface area (Å²) >= 11 is 0. The minimum Gasteiger partial charge on any atom is -0.444 e. The summed E-state index contributed by atoms with van der Waals surface area (Å²) in [5.74, 6) is 0. The molecular formula is C36H47NO12S2. The first-order valence-corrected chi connectivity index (χ1v) is 20.0. The first-order valence-electron chi connectivity index (χ1n) is 16.4. The van der Waals surface area contributed by atoms with Crippen molar-refractivity contribution in [3.05, 3.63) is 108 Å². The Morgan fingerprint density at radius 2 is 1.24 bits per heavy atom. The van der Waals surface area contributed by atoms with Crippen molar-refractivity contribution < 1.29 is 53.7 Å². The van der Waals surface area contributed by atoms with Crippen molar-refractivity contribution in [1.29, 1.82) is 0 Å². The molecule has 3 aromatic carbocycles. The highest BCUT2D eigenvalue weighted by molar-refractivity contribution is 7.86. The molecule has 0 aromatic heterocycles. The quantitative estimate of drug-likeness (QED) is 0.195. The second kappa shape index (κ2) is 18.4. The van der Waals surface area contributed by atoms with Crippen LogP contribution in [0.15, 0.2) is 91.0 Å². The van der Waals surface area contributed by atoms with E-state index in [1.807, 2.05) is 91.0 Å². The van der Waals surface area contributed by atoms with Crippen LogP contribution in [0.4, 0.5) is 4.79 Å². The van der Waals surface area contributed by atoms with Crippen LogP contribution in [-0.4, -0.2) is 90.8 Å². The van der Waals surface area contributed by atoms with Crippen LogP contribution in [0.3, 0.4) is 0 Å². The van der Waals surface area contributed by atoms with E-state index in [1.165, 1.54) is 0 Å². The molecule has 13 nitrogen and oxygen atoms in total. The number of carbonyl (C=O) groups is 1. The number of hydrogen-bond acceptors (Lipinski definition) is 12. The Kier molecular flexibility index (Phi) is 14.5. The fourth-order valence-electron chi connectivity index (χ4n) is 5.42. The lowest BCUT2D eigenvalue weighted by Crippen LogP contribution is -2.69. The summed E-state index contributed by atoms with van der Waals surface area (Å²) in [5.41, 5.74) is 1.64. The maximum Gasteiger partial charge on any atom is 0.408 e. The molecule has 4 rings (SSSR count). The van der Waals surface area contributed by atoms with Crippen LogP contribution in [0.1, 0.15) is 37.5 Å². The number of rotatable bonds is 17. The third-order valence-electron chi connectivity index (χ3n) is 7.49. The monoisotopic (exact) mass is 749 g/mol. The van der Waals surface area contributed by atoms with Gasteiger partial charge in [-0.15, -0.1) is 0 Å². The zero-order chi connectivity index (χ0) is 37.1. The molecule has 1 aliphatic heterocycles. The highest BCUT2D eigenvalue weighted by atomic mass is 32.2. The van der Waals surface area contributed by atoms with E-state index in [0.29, 0.717) is 0 Å². The average Bonchev–Trinajstić information content (AvgIpc) is 3.05. The summed E-state index contributed by atoms with van der Waals surface area (Å²) < 4.78 is 91.2. The van der Waals surface area contributed by atoms with Crippen LogP contribution in [0, 0.1) is 0 Å². The molecule has 0 spiro atoms. The third kappa shape index (κ3) is 14.3. The molecule has 0 saturated carbocycles.